The number of rotatable bonds is 6. The van der Waals surface area contributed by atoms with Crippen molar-refractivity contribution in [2.45, 2.75) is 38.6 Å². The van der Waals surface area contributed by atoms with Gasteiger partial charge in [-0.25, -0.2) is 19.0 Å². The lowest BCUT2D eigenvalue weighted by Crippen LogP contribution is -2.51. The molecule has 0 bridgehead atoms. The van der Waals surface area contributed by atoms with Gasteiger partial charge < -0.3 is 19.6 Å². The van der Waals surface area contributed by atoms with E-state index in [9.17, 15) is 14.4 Å². The number of amides is 1. The molecule has 0 atom stereocenters. The molecule has 10 nitrogen and oxygen atoms in total. The van der Waals surface area contributed by atoms with Gasteiger partial charge in [0.1, 0.15) is 28.3 Å². The predicted molar refractivity (Wildman–Crippen MR) is 170 cm³/mol. The fraction of sp³-hybridized carbons (Fsp3) is 0.469. The molecule has 0 N–H and O–H groups in total. The number of benzene rings is 1. The summed E-state index contributed by atoms with van der Waals surface area (Å²) in [4.78, 5) is 32.2. The van der Waals surface area contributed by atoms with Crippen molar-refractivity contribution in [1.29, 1.82) is 5.26 Å². The van der Waals surface area contributed by atoms with Gasteiger partial charge >= 0.3 is 0 Å². The Morgan fingerprint density at radius 3 is 2.41 bits per heavy atom. The highest BCUT2D eigenvalue weighted by molar-refractivity contribution is 7.16. The molecule has 0 unspecified atom stereocenters. The summed E-state index contributed by atoms with van der Waals surface area (Å²) in [7, 11) is 4.08. The van der Waals surface area contributed by atoms with Gasteiger partial charge in [0, 0.05) is 44.7 Å². The highest BCUT2D eigenvalue weighted by Gasteiger charge is 2.33. The van der Waals surface area contributed by atoms with Crippen LogP contribution in [0.1, 0.15) is 42.3 Å². The number of aromatic nitrogens is 4. The minimum atomic E-state index is -0.330. The molecule has 1 saturated carbocycles. The molecule has 44 heavy (non-hydrogen) atoms. The Hall–Kier alpha value is -4.08. The summed E-state index contributed by atoms with van der Waals surface area (Å²) in [5.74, 6) is 1.01. The molecule has 0 spiro atoms. The maximum Gasteiger partial charge on any atom is 0.225 e. The lowest BCUT2D eigenvalue weighted by Gasteiger charge is -2.39. The molecule has 3 aliphatic rings. The number of anilines is 3. The largest absolute Gasteiger partial charge is 0.366 e. The topological polar surface area (TPSA) is 97.4 Å². The average molecular weight is 614 g/mol. The molecule has 0 radical (unpaired) electrons. The number of likely N-dealkylation sites (tertiary alicyclic amines) is 1. The number of pyridine rings is 1. The second-order valence-corrected chi connectivity index (χ2v) is 13.2. The summed E-state index contributed by atoms with van der Waals surface area (Å²) in [5, 5.41) is 16.4. The van der Waals surface area contributed by atoms with E-state index >= 15 is 0 Å². The van der Waals surface area contributed by atoms with E-state index in [1.165, 1.54) is 23.5 Å². The van der Waals surface area contributed by atoms with Crippen LogP contribution in [0.4, 0.5) is 21.0 Å². The zero-order chi connectivity index (χ0) is 30.5. The first-order valence-electron chi connectivity index (χ1n) is 15.3. The first kappa shape index (κ1) is 28.7. The number of carbonyl (C=O) groups is 1. The maximum atomic E-state index is 13.6. The molecule has 1 amide bonds. The first-order chi connectivity index (χ1) is 21.3. The van der Waals surface area contributed by atoms with Crippen LogP contribution in [0.15, 0.2) is 30.3 Å². The molecule has 2 saturated heterocycles. The molecule has 1 aliphatic carbocycles. The number of thiazole rings is 1. The van der Waals surface area contributed by atoms with E-state index in [4.69, 9.17) is 15.1 Å². The van der Waals surface area contributed by atoms with Gasteiger partial charge in [0.2, 0.25) is 5.91 Å². The van der Waals surface area contributed by atoms with Crippen LogP contribution in [0.3, 0.4) is 0 Å². The van der Waals surface area contributed by atoms with Crippen LogP contribution in [0.25, 0.3) is 22.3 Å². The Kier molecular flexibility index (Phi) is 7.46. The molecule has 3 fully saturated rings. The number of hydrogen-bond donors (Lipinski definition) is 0. The molecular formula is C32H36FN9OS. The van der Waals surface area contributed by atoms with E-state index in [-0.39, 0.29) is 11.7 Å². The molecular weight excluding hydrogens is 577 g/mol. The number of piperidine rings is 1. The minimum absolute atomic E-state index is 0.139. The van der Waals surface area contributed by atoms with Gasteiger partial charge in [-0.1, -0.05) is 11.3 Å². The molecule has 5 heterocycles. The van der Waals surface area contributed by atoms with Crippen LogP contribution < -0.4 is 9.80 Å². The van der Waals surface area contributed by atoms with Crippen LogP contribution in [-0.2, 0) is 4.79 Å². The van der Waals surface area contributed by atoms with E-state index in [1.54, 1.807) is 12.1 Å². The van der Waals surface area contributed by atoms with Gasteiger partial charge in [0.05, 0.1) is 22.8 Å². The summed E-state index contributed by atoms with van der Waals surface area (Å²) in [6.45, 7) is 6.93. The first-order valence-corrected chi connectivity index (χ1v) is 16.1. The van der Waals surface area contributed by atoms with Crippen molar-refractivity contribution in [2.75, 3.05) is 63.2 Å². The van der Waals surface area contributed by atoms with Crippen molar-refractivity contribution in [3.63, 3.8) is 0 Å². The number of nitriles is 1. The van der Waals surface area contributed by atoms with Gasteiger partial charge in [-0.05, 0) is 83.1 Å². The van der Waals surface area contributed by atoms with Crippen molar-refractivity contribution < 1.29 is 9.18 Å². The Morgan fingerprint density at radius 2 is 1.75 bits per heavy atom. The van der Waals surface area contributed by atoms with Gasteiger partial charge in [-0.2, -0.15) is 10.4 Å². The predicted octanol–water partition coefficient (Wildman–Crippen LogP) is 4.97. The lowest BCUT2D eigenvalue weighted by molar-refractivity contribution is -0.137. The summed E-state index contributed by atoms with van der Waals surface area (Å²) < 4.78 is 15.6. The van der Waals surface area contributed by atoms with Crippen molar-refractivity contribution >= 4 is 44.9 Å². The summed E-state index contributed by atoms with van der Waals surface area (Å²) in [6.07, 6.45) is 3.99. The molecule has 7 rings (SSSR count). The van der Waals surface area contributed by atoms with Gasteiger partial charge in [0.15, 0.2) is 10.8 Å². The summed E-state index contributed by atoms with van der Waals surface area (Å²) >= 11 is 1.31. The standard InChI is InChI=1S/C32H36FN9OS/c1-20-26(40-14-16-41(17-15-40)31(43)22-10-12-38(2)13-11-22)18-25-29(35-20)37-42(24-8-9-24)30(25)39(3)32-36-28(27(19-34)44-32)21-4-6-23(33)7-5-21/h4-7,18,22,24H,8-17H2,1-3H3. The van der Waals surface area contributed by atoms with E-state index in [0.717, 1.165) is 74.4 Å². The van der Waals surface area contributed by atoms with E-state index in [0.29, 0.717) is 52.0 Å². The third-order valence-electron chi connectivity index (χ3n) is 9.16. The zero-order valence-corrected chi connectivity index (χ0v) is 26.1. The van der Waals surface area contributed by atoms with Gasteiger partial charge in [0.25, 0.3) is 0 Å². The fourth-order valence-electron chi connectivity index (χ4n) is 6.43. The van der Waals surface area contributed by atoms with E-state index in [2.05, 4.69) is 33.7 Å². The molecule has 228 valence electrons. The number of hydrogen-bond acceptors (Lipinski definition) is 9. The van der Waals surface area contributed by atoms with E-state index < -0.39 is 0 Å². The van der Waals surface area contributed by atoms with Gasteiger partial charge in [-0.15, -0.1) is 0 Å². The summed E-state index contributed by atoms with van der Waals surface area (Å²) in [6, 6.07) is 10.8. The Bertz CT molecular complexity index is 1740. The average Bonchev–Trinajstić information content (AvgIpc) is 3.69. The number of nitrogens with zero attached hydrogens (tertiary/aromatic N) is 9. The van der Waals surface area contributed by atoms with Gasteiger partial charge in [-0.3, -0.25) is 4.79 Å². The number of carbonyl (C=O) groups excluding carboxylic acids is 1. The van der Waals surface area contributed by atoms with Crippen molar-refractivity contribution in [3.05, 3.63) is 46.7 Å². The second kappa shape index (κ2) is 11.4. The third kappa shape index (κ3) is 5.28. The van der Waals surface area contributed by atoms with Crippen LogP contribution >= 0.6 is 11.3 Å². The lowest BCUT2D eigenvalue weighted by atomic mass is 9.95. The summed E-state index contributed by atoms with van der Waals surface area (Å²) in [5.41, 5.74) is 3.90. The monoisotopic (exact) mass is 613 g/mol. The van der Waals surface area contributed by atoms with Crippen molar-refractivity contribution in [2.24, 2.45) is 5.92 Å². The number of aryl methyl sites for hydroxylation is 1. The van der Waals surface area contributed by atoms with Crippen LogP contribution in [0, 0.1) is 30.0 Å². The molecule has 12 heteroatoms. The number of halogens is 1. The minimum Gasteiger partial charge on any atom is -0.366 e. The number of fused-ring (bicyclic) bond motifs is 1. The maximum absolute atomic E-state index is 13.6. The number of piperazine rings is 1. The normalized spacial score (nSPS) is 18.2. The second-order valence-electron chi connectivity index (χ2n) is 12.2. The third-order valence-corrected chi connectivity index (χ3v) is 10.2. The SMILES string of the molecule is Cc1nc2nn(C3CC3)c(N(C)c3nc(-c4ccc(F)cc4)c(C#N)s3)c2cc1N1CCN(C(=O)C2CCN(C)CC2)CC1. The highest BCUT2D eigenvalue weighted by Crippen LogP contribution is 2.44. The quantitative estimate of drug-likeness (QED) is 0.301. The van der Waals surface area contributed by atoms with Crippen LogP contribution in [0.5, 0.6) is 0 Å². The molecule has 2 aliphatic heterocycles. The Labute approximate surface area is 260 Å². The van der Waals surface area contributed by atoms with Crippen LogP contribution in [-0.4, -0.2) is 88.8 Å². The highest BCUT2D eigenvalue weighted by atomic mass is 32.1. The Balaban J connectivity index is 1.18. The van der Waals surface area contributed by atoms with Crippen molar-refractivity contribution in [1.82, 2.24) is 29.5 Å². The fourth-order valence-corrected chi connectivity index (χ4v) is 7.28. The molecule has 4 aromatic rings. The van der Waals surface area contributed by atoms with Crippen LogP contribution in [0.2, 0.25) is 0 Å². The zero-order valence-electron chi connectivity index (χ0n) is 25.3. The van der Waals surface area contributed by atoms with Crippen molar-refractivity contribution in [3.8, 4) is 17.3 Å². The van der Waals surface area contributed by atoms with E-state index in [1.807, 2.05) is 23.8 Å². The molecule has 3 aromatic heterocycles. The Morgan fingerprint density at radius 1 is 1.05 bits per heavy atom. The molecule has 1 aromatic carbocycles. The smallest absolute Gasteiger partial charge is 0.225 e.